The van der Waals surface area contributed by atoms with Gasteiger partial charge in [0.05, 0.1) is 24.2 Å². The third-order valence-corrected chi connectivity index (χ3v) is 2.97. The highest BCUT2D eigenvalue weighted by Gasteiger charge is 2.49. The first-order valence-corrected chi connectivity index (χ1v) is 4.86. The van der Waals surface area contributed by atoms with E-state index in [1.807, 2.05) is 0 Å². The molecule has 0 spiro atoms. The van der Waals surface area contributed by atoms with Crippen LogP contribution in [0, 0.1) is 0 Å². The summed E-state index contributed by atoms with van der Waals surface area (Å²) < 4.78 is 10.3. The minimum absolute atomic E-state index is 0.0718. The zero-order valence-corrected chi connectivity index (χ0v) is 7.64. The first-order chi connectivity index (χ1) is 4.83. The topological polar surface area (TPSA) is 25.1 Å². The van der Waals surface area contributed by atoms with Crippen molar-refractivity contribution in [1.29, 1.82) is 0 Å². The number of hydrogen-bond acceptors (Lipinski definition) is 2. The Labute approximate surface area is 73.0 Å². The molecule has 0 aromatic carbocycles. The van der Waals surface area contributed by atoms with Crippen molar-refractivity contribution in [2.24, 2.45) is 0 Å². The second-order valence-electron chi connectivity index (χ2n) is 2.61. The van der Waals surface area contributed by atoms with Gasteiger partial charge in [0.1, 0.15) is 6.10 Å². The van der Waals surface area contributed by atoms with E-state index in [4.69, 9.17) is 21.1 Å². The Morgan fingerprint density at radius 2 is 2.40 bits per heavy atom. The molecule has 2 fully saturated rings. The summed E-state index contributed by atoms with van der Waals surface area (Å²) >= 11 is 9.31. The van der Waals surface area contributed by atoms with Crippen LogP contribution in [0.5, 0.6) is 0 Å². The van der Waals surface area contributed by atoms with Crippen molar-refractivity contribution in [3.63, 3.8) is 0 Å². The van der Waals surface area contributed by atoms with Gasteiger partial charge in [-0.05, 0) is 0 Å². The average Bonchev–Trinajstić information content (AvgIpc) is 2.83. The minimum atomic E-state index is 0.0718. The quantitative estimate of drug-likeness (QED) is 0.534. The van der Waals surface area contributed by atoms with Gasteiger partial charge in [-0.15, -0.1) is 11.6 Å². The molecule has 0 radical (unpaired) electrons. The van der Waals surface area contributed by atoms with Crippen molar-refractivity contribution in [1.82, 2.24) is 0 Å². The summed E-state index contributed by atoms with van der Waals surface area (Å²) in [6, 6.07) is 0. The first kappa shape index (κ1) is 7.35. The summed E-state index contributed by atoms with van der Waals surface area (Å²) in [4.78, 5) is 0. The van der Waals surface area contributed by atoms with Gasteiger partial charge in [-0.2, -0.15) is 0 Å². The summed E-state index contributed by atoms with van der Waals surface area (Å²) in [6.07, 6.45) is 0.816. The molecular formula is C6H8BrClO2. The van der Waals surface area contributed by atoms with Gasteiger partial charge in [0.25, 0.3) is 0 Å². The van der Waals surface area contributed by atoms with Crippen LogP contribution in [0.15, 0.2) is 0 Å². The molecule has 10 heavy (non-hydrogen) atoms. The van der Waals surface area contributed by atoms with Crippen molar-refractivity contribution in [2.45, 2.75) is 23.7 Å². The third kappa shape index (κ3) is 1.33. The number of rotatable bonds is 3. The van der Waals surface area contributed by atoms with Crippen LogP contribution in [0.3, 0.4) is 0 Å². The van der Waals surface area contributed by atoms with E-state index in [1.165, 1.54) is 0 Å². The molecular weight excluding hydrogens is 219 g/mol. The Hall–Kier alpha value is 0.690. The molecule has 0 amide bonds. The van der Waals surface area contributed by atoms with E-state index in [-0.39, 0.29) is 17.6 Å². The molecule has 0 bridgehead atoms. The number of hydrogen-bond donors (Lipinski definition) is 0. The van der Waals surface area contributed by atoms with Crippen LogP contribution in [0.2, 0.25) is 0 Å². The maximum absolute atomic E-state index is 5.98. The van der Waals surface area contributed by atoms with E-state index in [0.29, 0.717) is 6.10 Å². The van der Waals surface area contributed by atoms with E-state index in [9.17, 15) is 0 Å². The van der Waals surface area contributed by atoms with E-state index in [0.717, 1.165) is 11.9 Å². The Bertz CT molecular complexity index is 140. The van der Waals surface area contributed by atoms with Crippen LogP contribution in [-0.2, 0) is 9.47 Å². The molecule has 4 heteroatoms. The van der Waals surface area contributed by atoms with Crippen LogP contribution < -0.4 is 0 Å². The van der Waals surface area contributed by atoms with Gasteiger partial charge < -0.3 is 9.47 Å². The largest absolute Gasteiger partial charge is 0.371 e. The van der Waals surface area contributed by atoms with Gasteiger partial charge in [-0.3, -0.25) is 0 Å². The number of ether oxygens (including phenoxy) is 2. The van der Waals surface area contributed by atoms with Crippen LogP contribution in [0.4, 0.5) is 0 Å². The molecule has 2 aliphatic heterocycles. The highest BCUT2D eigenvalue weighted by Crippen LogP contribution is 2.35. The molecule has 0 aromatic rings. The Morgan fingerprint density at radius 1 is 1.70 bits per heavy atom. The second-order valence-corrected chi connectivity index (χ2v) is 3.76. The van der Waals surface area contributed by atoms with Crippen LogP contribution in [0.1, 0.15) is 0 Å². The summed E-state index contributed by atoms with van der Waals surface area (Å²) in [5.41, 5.74) is 0. The molecule has 0 aliphatic carbocycles. The van der Waals surface area contributed by atoms with E-state index in [1.54, 1.807) is 0 Å². The molecule has 0 N–H and O–H groups in total. The number of halogens is 2. The van der Waals surface area contributed by atoms with Gasteiger partial charge in [0.2, 0.25) is 0 Å². The minimum Gasteiger partial charge on any atom is -0.371 e. The van der Waals surface area contributed by atoms with Crippen molar-refractivity contribution >= 4 is 27.5 Å². The van der Waals surface area contributed by atoms with E-state index in [2.05, 4.69) is 15.9 Å². The molecule has 0 saturated carbocycles. The molecule has 2 rings (SSSR count). The average molecular weight is 227 g/mol. The zero-order chi connectivity index (χ0) is 7.14. The Kier molecular flexibility index (Phi) is 1.93. The molecule has 4 unspecified atom stereocenters. The first-order valence-electron chi connectivity index (χ1n) is 3.30. The lowest BCUT2D eigenvalue weighted by atomic mass is 10.2. The molecule has 58 valence electrons. The predicted molar refractivity (Wildman–Crippen MR) is 41.8 cm³/mol. The maximum Gasteiger partial charge on any atom is 0.104 e. The van der Waals surface area contributed by atoms with E-state index < -0.39 is 0 Å². The smallest absolute Gasteiger partial charge is 0.104 e. The number of epoxide rings is 2. The summed E-state index contributed by atoms with van der Waals surface area (Å²) in [5, 5.41) is 0.954. The lowest BCUT2D eigenvalue weighted by Gasteiger charge is -1.97. The summed E-state index contributed by atoms with van der Waals surface area (Å²) in [6.45, 7) is 0.809. The molecule has 2 heterocycles. The molecule has 0 aromatic heterocycles. The summed E-state index contributed by atoms with van der Waals surface area (Å²) in [7, 11) is 0. The predicted octanol–water partition coefficient (Wildman–Crippen LogP) is 1.15. The fourth-order valence-electron chi connectivity index (χ4n) is 1.01. The SMILES string of the molecule is ClC(C1CO1)C1OC1CBr. The molecule has 2 saturated heterocycles. The van der Waals surface area contributed by atoms with Crippen LogP contribution in [-0.4, -0.2) is 35.6 Å². The fourth-order valence-corrected chi connectivity index (χ4v) is 1.90. The van der Waals surface area contributed by atoms with Crippen LogP contribution in [0.25, 0.3) is 0 Å². The molecule has 4 atom stereocenters. The highest BCUT2D eigenvalue weighted by atomic mass is 79.9. The number of alkyl halides is 2. The maximum atomic E-state index is 5.98. The van der Waals surface area contributed by atoms with Gasteiger partial charge in [-0.25, -0.2) is 0 Å². The zero-order valence-electron chi connectivity index (χ0n) is 5.30. The fraction of sp³-hybridized carbons (Fsp3) is 1.00. The molecule has 2 nitrogen and oxygen atoms in total. The van der Waals surface area contributed by atoms with E-state index >= 15 is 0 Å². The standard InChI is InChI=1S/C6H8BrClO2/c7-1-3-6(10-3)5(8)4-2-9-4/h3-6H,1-2H2. The third-order valence-electron chi connectivity index (χ3n) is 1.80. The van der Waals surface area contributed by atoms with Crippen molar-refractivity contribution < 1.29 is 9.47 Å². The van der Waals surface area contributed by atoms with Crippen molar-refractivity contribution in [3.8, 4) is 0 Å². The Morgan fingerprint density at radius 3 is 2.80 bits per heavy atom. The summed E-state index contributed by atoms with van der Waals surface area (Å²) in [5.74, 6) is 0. The molecule has 2 aliphatic rings. The highest BCUT2D eigenvalue weighted by molar-refractivity contribution is 9.09. The van der Waals surface area contributed by atoms with Gasteiger partial charge in [0, 0.05) is 5.33 Å². The monoisotopic (exact) mass is 226 g/mol. The van der Waals surface area contributed by atoms with Gasteiger partial charge >= 0.3 is 0 Å². The van der Waals surface area contributed by atoms with Gasteiger partial charge in [-0.1, -0.05) is 15.9 Å². The normalized spacial score (nSPS) is 46.8. The Balaban J connectivity index is 1.78. The van der Waals surface area contributed by atoms with Gasteiger partial charge in [0.15, 0.2) is 0 Å². The van der Waals surface area contributed by atoms with Crippen molar-refractivity contribution in [3.05, 3.63) is 0 Å². The van der Waals surface area contributed by atoms with Crippen LogP contribution >= 0.6 is 27.5 Å². The lowest BCUT2D eigenvalue weighted by molar-refractivity contribution is 0.339. The lowest BCUT2D eigenvalue weighted by Crippen LogP contribution is -2.17. The second kappa shape index (κ2) is 2.63. The van der Waals surface area contributed by atoms with Crippen molar-refractivity contribution in [2.75, 3.05) is 11.9 Å².